The lowest BCUT2D eigenvalue weighted by atomic mass is 9.78. The fourth-order valence-corrected chi connectivity index (χ4v) is 6.49. The number of aromatic nitrogens is 5. The second-order valence-electron chi connectivity index (χ2n) is 10.1. The summed E-state index contributed by atoms with van der Waals surface area (Å²) in [7, 11) is 0. The average molecular weight is 512 g/mol. The molecule has 2 heterocycles. The zero-order valence-corrected chi connectivity index (χ0v) is 21.3. The smallest absolute Gasteiger partial charge is 0.246 e. The van der Waals surface area contributed by atoms with E-state index in [2.05, 4.69) is 23.8 Å². The molecule has 190 valence electrons. The highest BCUT2D eigenvalue weighted by Gasteiger charge is 2.60. The SMILES string of the molecule is C=C(C)C1(n2[nH]c(=O)n(-c3ccccc3)c2=O)[C@@H]2C=C[C@H]1c1c(-c3ccccc3)nnc(-c3ccccc3)c12. The molecule has 7 heteroatoms. The Hall–Kier alpha value is -5.04. The van der Waals surface area contributed by atoms with E-state index in [0.29, 0.717) is 5.69 Å². The van der Waals surface area contributed by atoms with E-state index in [9.17, 15) is 9.59 Å². The van der Waals surface area contributed by atoms with E-state index in [1.165, 1.54) is 9.25 Å². The van der Waals surface area contributed by atoms with Gasteiger partial charge in [0.1, 0.15) is 5.54 Å². The van der Waals surface area contributed by atoms with E-state index < -0.39 is 16.9 Å². The van der Waals surface area contributed by atoms with Crippen molar-refractivity contribution in [2.45, 2.75) is 24.3 Å². The van der Waals surface area contributed by atoms with Crippen molar-refractivity contribution in [3.8, 4) is 28.2 Å². The van der Waals surface area contributed by atoms with Crippen LogP contribution in [-0.4, -0.2) is 24.5 Å². The number of H-pyrrole nitrogens is 1. The number of hydrogen-bond donors (Lipinski definition) is 1. The summed E-state index contributed by atoms with van der Waals surface area (Å²) >= 11 is 0. The van der Waals surface area contributed by atoms with Crippen molar-refractivity contribution in [2.24, 2.45) is 0 Å². The number of nitrogens with one attached hydrogen (secondary N) is 1. The second-order valence-corrected chi connectivity index (χ2v) is 10.1. The molecule has 0 amide bonds. The molecule has 0 saturated heterocycles. The number of aromatic amines is 1. The van der Waals surface area contributed by atoms with Crippen LogP contribution in [0.15, 0.2) is 125 Å². The van der Waals surface area contributed by atoms with Gasteiger partial charge in [-0.25, -0.2) is 23.9 Å². The van der Waals surface area contributed by atoms with E-state index >= 15 is 0 Å². The molecular formula is C32H25N5O2. The first-order valence-corrected chi connectivity index (χ1v) is 12.9. The van der Waals surface area contributed by atoms with E-state index in [0.717, 1.165) is 39.2 Å². The Morgan fingerprint density at radius 2 is 1.23 bits per heavy atom. The van der Waals surface area contributed by atoms with Gasteiger partial charge in [-0.15, -0.1) is 10.2 Å². The predicted molar refractivity (Wildman–Crippen MR) is 151 cm³/mol. The van der Waals surface area contributed by atoms with Gasteiger partial charge in [-0.3, -0.25) is 0 Å². The van der Waals surface area contributed by atoms with Crippen LogP contribution in [0, 0.1) is 0 Å². The van der Waals surface area contributed by atoms with Gasteiger partial charge >= 0.3 is 11.4 Å². The summed E-state index contributed by atoms with van der Waals surface area (Å²) < 4.78 is 2.67. The molecule has 2 bridgehead atoms. The molecule has 0 aliphatic heterocycles. The molecule has 2 aliphatic carbocycles. The Kier molecular flexibility index (Phi) is 5.03. The van der Waals surface area contributed by atoms with E-state index in [1.54, 1.807) is 24.3 Å². The van der Waals surface area contributed by atoms with Crippen LogP contribution >= 0.6 is 0 Å². The van der Waals surface area contributed by atoms with Gasteiger partial charge in [0.2, 0.25) is 0 Å². The van der Waals surface area contributed by atoms with E-state index in [1.807, 2.05) is 73.7 Å². The number of nitrogens with zero attached hydrogens (tertiary/aromatic N) is 4. The van der Waals surface area contributed by atoms with Crippen molar-refractivity contribution >= 4 is 0 Å². The zero-order chi connectivity index (χ0) is 26.7. The molecule has 3 aromatic carbocycles. The van der Waals surface area contributed by atoms with Crippen LogP contribution in [0.1, 0.15) is 29.9 Å². The summed E-state index contributed by atoms with van der Waals surface area (Å²) in [5.74, 6) is -0.578. The first-order chi connectivity index (χ1) is 19.0. The van der Waals surface area contributed by atoms with Crippen molar-refractivity contribution in [1.82, 2.24) is 24.5 Å². The van der Waals surface area contributed by atoms with Crippen LogP contribution in [0.3, 0.4) is 0 Å². The average Bonchev–Trinajstić information content (AvgIpc) is 3.60. The highest BCUT2D eigenvalue weighted by molar-refractivity contribution is 5.78. The summed E-state index contributed by atoms with van der Waals surface area (Å²) in [6, 6.07) is 28.9. The Morgan fingerprint density at radius 3 is 1.69 bits per heavy atom. The normalized spacial score (nSPS) is 20.7. The third-order valence-corrected chi connectivity index (χ3v) is 8.07. The second kappa shape index (κ2) is 8.49. The molecule has 0 spiro atoms. The zero-order valence-electron chi connectivity index (χ0n) is 21.3. The standard InChI is InChI=1S/C32H25N5O2/c1-20(2)32(37-31(39)36(30(38)35-37)23-16-10-5-11-17-23)24-18-19-25(32)27-26(24)28(21-12-6-3-7-13-21)33-34-29(27)22-14-8-4-9-15-22/h3-19,24-25H,1H2,2H3,(H,35,38)/t24-,25+,32?. The number of hydrogen-bond acceptors (Lipinski definition) is 4. The van der Waals surface area contributed by atoms with Gasteiger partial charge in [0.25, 0.3) is 0 Å². The lowest BCUT2D eigenvalue weighted by Gasteiger charge is -2.35. The number of fused-ring (bicyclic) bond motifs is 5. The first-order valence-electron chi connectivity index (χ1n) is 12.9. The van der Waals surface area contributed by atoms with Crippen LogP contribution in [0.4, 0.5) is 0 Å². The van der Waals surface area contributed by atoms with Gasteiger partial charge in [-0.2, -0.15) is 0 Å². The molecule has 0 radical (unpaired) electrons. The molecule has 39 heavy (non-hydrogen) atoms. The molecule has 7 nitrogen and oxygen atoms in total. The highest BCUT2D eigenvalue weighted by atomic mass is 16.2. The Bertz CT molecular complexity index is 1810. The quantitative estimate of drug-likeness (QED) is 0.330. The summed E-state index contributed by atoms with van der Waals surface area (Å²) in [5.41, 5.74) is 4.81. The Labute approximate surface area is 224 Å². The monoisotopic (exact) mass is 511 g/mol. The van der Waals surface area contributed by atoms with Crippen molar-refractivity contribution in [3.05, 3.63) is 147 Å². The van der Waals surface area contributed by atoms with Gasteiger partial charge in [0, 0.05) is 23.0 Å². The summed E-state index contributed by atoms with van der Waals surface area (Å²) in [6.07, 6.45) is 4.24. The van der Waals surface area contributed by atoms with E-state index in [-0.39, 0.29) is 11.8 Å². The van der Waals surface area contributed by atoms with Crippen LogP contribution < -0.4 is 11.4 Å². The third kappa shape index (κ3) is 3.10. The highest BCUT2D eigenvalue weighted by Crippen LogP contribution is 2.64. The van der Waals surface area contributed by atoms with Gasteiger partial charge < -0.3 is 0 Å². The maximum Gasteiger partial charge on any atom is 0.352 e. The number of benzene rings is 3. The topological polar surface area (TPSA) is 85.6 Å². The summed E-state index contributed by atoms with van der Waals surface area (Å²) in [4.78, 5) is 27.3. The lowest BCUT2D eigenvalue weighted by molar-refractivity contribution is 0.282. The predicted octanol–water partition coefficient (Wildman–Crippen LogP) is 5.17. The minimum absolute atomic E-state index is 0.289. The summed E-state index contributed by atoms with van der Waals surface area (Å²) in [5, 5.41) is 12.4. The fourth-order valence-electron chi connectivity index (χ4n) is 6.49. The van der Waals surface area contributed by atoms with Gasteiger partial charge in [0.05, 0.1) is 17.1 Å². The van der Waals surface area contributed by atoms with E-state index in [4.69, 9.17) is 10.2 Å². The third-order valence-electron chi connectivity index (χ3n) is 8.07. The number of allylic oxidation sites excluding steroid dienone is 3. The summed E-state index contributed by atoms with van der Waals surface area (Å²) in [6.45, 7) is 6.32. The molecule has 0 fully saturated rings. The largest absolute Gasteiger partial charge is 0.352 e. The van der Waals surface area contributed by atoms with Gasteiger partial charge in [-0.05, 0) is 30.2 Å². The molecule has 7 rings (SSSR count). The maximum absolute atomic E-state index is 14.1. The van der Waals surface area contributed by atoms with Crippen molar-refractivity contribution in [2.75, 3.05) is 0 Å². The molecule has 1 unspecified atom stereocenters. The number of para-hydroxylation sites is 1. The lowest BCUT2D eigenvalue weighted by Crippen LogP contribution is -2.46. The minimum atomic E-state index is -0.962. The van der Waals surface area contributed by atoms with Crippen LogP contribution in [-0.2, 0) is 5.54 Å². The van der Waals surface area contributed by atoms with Gasteiger partial charge in [-0.1, -0.05) is 103 Å². The molecule has 2 aromatic heterocycles. The molecule has 1 N–H and O–H groups in total. The van der Waals surface area contributed by atoms with Crippen molar-refractivity contribution in [1.29, 1.82) is 0 Å². The fraction of sp³-hybridized carbons (Fsp3) is 0.125. The van der Waals surface area contributed by atoms with Crippen LogP contribution in [0.5, 0.6) is 0 Å². The molecule has 5 aromatic rings. The first kappa shape index (κ1) is 23.1. The Balaban J connectivity index is 1.53. The Morgan fingerprint density at radius 1 is 0.769 bits per heavy atom. The molecular weight excluding hydrogens is 486 g/mol. The molecule has 3 atom stereocenters. The molecule has 0 saturated carbocycles. The minimum Gasteiger partial charge on any atom is -0.246 e. The molecule has 2 aliphatic rings. The maximum atomic E-state index is 14.1. The van der Waals surface area contributed by atoms with Crippen LogP contribution in [0.25, 0.3) is 28.2 Å². The van der Waals surface area contributed by atoms with Crippen molar-refractivity contribution in [3.63, 3.8) is 0 Å². The number of rotatable bonds is 5. The van der Waals surface area contributed by atoms with Crippen LogP contribution in [0.2, 0.25) is 0 Å². The van der Waals surface area contributed by atoms with Crippen molar-refractivity contribution < 1.29 is 0 Å². The van der Waals surface area contributed by atoms with Gasteiger partial charge in [0.15, 0.2) is 0 Å².